The molecule has 0 spiro atoms. The Balaban J connectivity index is 2.25. The summed E-state index contributed by atoms with van der Waals surface area (Å²) in [6.45, 7) is 2.43. The van der Waals surface area contributed by atoms with E-state index >= 15 is 0 Å². The zero-order chi connectivity index (χ0) is 11.1. The summed E-state index contributed by atoms with van der Waals surface area (Å²) in [6, 6.07) is 7.76. The van der Waals surface area contributed by atoms with Gasteiger partial charge in [-0.15, -0.1) is 0 Å². The zero-order valence-electron chi connectivity index (χ0n) is 8.83. The molecule has 0 aliphatic heterocycles. The Kier molecular flexibility index (Phi) is 2.53. The van der Waals surface area contributed by atoms with Crippen molar-refractivity contribution in [2.75, 3.05) is 6.54 Å². The Bertz CT molecular complexity index is 350. The van der Waals surface area contributed by atoms with E-state index in [1.165, 1.54) is 5.56 Å². The third-order valence-electron chi connectivity index (χ3n) is 3.29. The fourth-order valence-electron chi connectivity index (χ4n) is 2.68. The predicted octanol–water partition coefficient (Wildman–Crippen LogP) is 2.08. The number of rotatable bonds is 2. The summed E-state index contributed by atoms with van der Waals surface area (Å²) in [7, 11) is 0. The minimum atomic E-state index is -0.557. The molecule has 1 fully saturated rings. The molecule has 0 heterocycles. The summed E-state index contributed by atoms with van der Waals surface area (Å²) in [5.41, 5.74) is 6.39. The summed E-state index contributed by atoms with van der Waals surface area (Å²) >= 11 is 5.84. The highest BCUT2D eigenvalue weighted by Gasteiger charge is 2.50. The number of benzene rings is 1. The fraction of sp³-hybridized carbons (Fsp3) is 0.500. The molecule has 0 bridgehead atoms. The number of aliphatic hydroxyl groups is 1. The predicted molar refractivity (Wildman–Crippen MR) is 62.0 cm³/mol. The van der Waals surface area contributed by atoms with Gasteiger partial charge in [0.1, 0.15) is 0 Å². The van der Waals surface area contributed by atoms with Gasteiger partial charge in [0.25, 0.3) is 0 Å². The molecule has 0 unspecified atom stereocenters. The standard InChI is InChI=1S/C12H16ClNO/c1-11(15)6-12(7-11,8-14)9-2-4-10(13)5-3-9/h2-5,15H,6-8,14H2,1H3. The van der Waals surface area contributed by atoms with Crippen LogP contribution in [0.2, 0.25) is 5.02 Å². The van der Waals surface area contributed by atoms with Crippen LogP contribution in [-0.2, 0) is 5.41 Å². The van der Waals surface area contributed by atoms with Crippen LogP contribution >= 0.6 is 11.6 Å². The van der Waals surface area contributed by atoms with E-state index < -0.39 is 5.60 Å². The van der Waals surface area contributed by atoms with E-state index in [1.807, 2.05) is 31.2 Å². The van der Waals surface area contributed by atoms with Gasteiger partial charge in [-0.1, -0.05) is 23.7 Å². The molecule has 0 amide bonds. The first-order valence-electron chi connectivity index (χ1n) is 5.16. The van der Waals surface area contributed by atoms with Gasteiger partial charge in [0.05, 0.1) is 5.60 Å². The lowest BCUT2D eigenvalue weighted by Gasteiger charge is -2.51. The largest absolute Gasteiger partial charge is 0.390 e. The van der Waals surface area contributed by atoms with Gasteiger partial charge in [-0.25, -0.2) is 0 Å². The van der Waals surface area contributed by atoms with Crippen LogP contribution in [0.3, 0.4) is 0 Å². The summed E-state index contributed by atoms with van der Waals surface area (Å²) in [4.78, 5) is 0. The maximum absolute atomic E-state index is 9.81. The van der Waals surface area contributed by atoms with Crippen molar-refractivity contribution >= 4 is 11.6 Å². The average Bonchev–Trinajstić information content (AvgIpc) is 2.14. The first-order chi connectivity index (χ1) is 6.97. The van der Waals surface area contributed by atoms with Crippen molar-refractivity contribution in [2.24, 2.45) is 5.73 Å². The smallest absolute Gasteiger partial charge is 0.0637 e. The van der Waals surface area contributed by atoms with Crippen LogP contribution < -0.4 is 5.73 Å². The number of hydrogen-bond acceptors (Lipinski definition) is 2. The Labute approximate surface area is 95.1 Å². The maximum atomic E-state index is 9.81. The van der Waals surface area contributed by atoms with E-state index in [4.69, 9.17) is 17.3 Å². The minimum absolute atomic E-state index is 0.0475. The molecule has 1 aromatic carbocycles. The second-order valence-corrected chi connectivity index (χ2v) is 5.28. The third-order valence-corrected chi connectivity index (χ3v) is 3.54. The monoisotopic (exact) mass is 225 g/mol. The number of hydrogen-bond donors (Lipinski definition) is 2. The molecule has 0 aromatic heterocycles. The quantitative estimate of drug-likeness (QED) is 0.810. The summed E-state index contributed by atoms with van der Waals surface area (Å²) in [6.07, 6.45) is 1.47. The summed E-state index contributed by atoms with van der Waals surface area (Å²) in [5.74, 6) is 0. The van der Waals surface area contributed by atoms with Crippen molar-refractivity contribution in [1.29, 1.82) is 0 Å². The highest BCUT2D eigenvalue weighted by molar-refractivity contribution is 6.30. The van der Waals surface area contributed by atoms with Crippen molar-refractivity contribution in [3.8, 4) is 0 Å². The molecule has 3 N–H and O–H groups in total. The maximum Gasteiger partial charge on any atom is 0.0637 e. The van der Waals surface area contributed by atoms with Crippen molar-refractivity contribution < 1.29 is 5.11 Å². The van der Waals surface area contributed by atoms with Crippen LogP contribution in [0.25, 0.3) is 0 Å². The molecule has 2 nitrogen and oxygen atoms in total. The normalized spacial score (nSPS) is 34.9. The number of halogens is 1. The topological polar surface area (TPSA) is 46.2 Å². The molecule has 0 atom stereocenters. The van der Waals surface area contributed by atoms with Gasteiger partial charge >= 0.3 is 0 Å². The highest BCUT2D eigenvalue weighted by Crippen LogP contribution is 2.49. The first-order valence-corrected chi connectivity index (χ1v) is 5.54. The van der Waals surface area contributed by atoms with Gasteiger partial charge in [-0.2, -0.15) is 0 Å². The van der Waals surface area contributed by atoms with Crippen LogP contribution in [0.4, 0.5) is 0 Å². The van der Waals surface area contributed by atoms with E-state index in [2.05, 4.69) is 0 Å². The van der Waals surface area contributed by atoms with Crippen LogP contribution in [0.5, 0.6) is 0 Å². The van der Waals surface area contributed by atoms with Crippen molar-refractivity contribution in [3.63, 3.8) is 0 Å². The van der Waals surface area contributed by atoms with Gasteiger partial charge in [-0.3, -0.25) is 0 Å². The molecular formula is C12H16ClNO. The van der Waals surface area contributed by atoms with Gasteiger partial charge in [-0.05, 0) is 37.5 Å². The highest BCUT2D eigenvalue weighted by atomic mass is 35.5. The lowest BCUT2D eigenvalue weighted by Crippen LogP contribution is -2.56. The summed E-state index contributed by atoms with van der Waals surface area (Å²) < 4.78 is 0. The molecule has 0 radical (unpaired) electrons. The van der Waals surface area contributed by atoms with Crippen molar-refractivity contribution in [3.05, 3.63) is 34.9 Å². The van der Waals surface area contributed by atoms with Crippen LogP contribution in [0.1, 0.15) is 25.3 Å². The van der Waals surface area contributed by atoms with Gasteiger partial charge in [0.2, 0.25) is 0 Å². The molecule has 0 saturated heterocycles. The second-order valence-electron chi connectivity index (χ2n) is 4.84. The van der Waals surface area contributed by atoms with E-state index in [9.17, 15) is 5.11 Å². The SMILES string of the molecule is CC1(O)CC(CN)(c2ccc(Cl)cc2)C1. The Morgan fingerprint density at radius 3 is 2.27 bits per heavy atom. The number of nitrogens with two attached hydrogens (primary N) is 1. The van der Waals surface area contributed by atoms with E-state index in [0.29, 0.717) is 6.54 Å². The summed E-state index contributed by atoms with van der Waals surface area (Å²) in [5, 5.41) is 10.5. The molecular weight excluding hydrogens is 210 g/mol. The van der Waals surface area contributed by atoms with Gasteiger partial charge in [0, 0.05) is 17.0 Å². The first kappa shape index (κ1) is 10.9. The molecule has 3 heteroatoms. The molecule has 2 rings (SSSR count). The van der Waals surface area contributed by atoms with E-state index in [1.54, 1.807) is 0 Å². The molecule has 82 valence electrons. The minimum Gasteiger partial charge on any atom is -0.390 e. The van der Waals surface area contributed by atoms with Crippen molar-refractivity contribution in [2.45, 2.75) is 30.8 Å². The second kappa shape index (κ2) is 3.48. The van der Waals surface area contributed by atoms with Crippen LogP contribution in [0.15, 0.2) is 24.3 Å². The molecule has 1 aromatic rings. The lowest BCUT2D eigenvalue weighted by atomic mass is 9.57. The van der Waals surface area contributed by atoms with E-state index in [-0.39, 0.29) is 5.41 Å². The zero-order valence-corrected chi connectivity index (χ0v) is 9.59. The van der Waals surface area contributed by atoms with E-state index in [0.717, 1.165) is 17.9 Å². The fourth-order valence-corrected chi connectivity index (χ4v) is 2.80. The van der Waals surface area contributed by atoms with Gasteiger partial charge < -0.3 is 10.8 Å². The Hall–Kier alpha value is -0.570. The molecule has 1 aliphatic rings. The van der Waals surface area contributed by atoms with Crippen LogP contribution in [0, 0.1) is 0 Å². The van der Waals surface area contributed by atoms with Crippen molar-refractivity contribution in [1.82, 2.24) is 0 Å². The Morgan fingerprint density at radius 2 is 1.87 bits per heavy atom. The average molecular weight is 226 g/mol. The lowest BCUT2D eigenvalue weighted by molar-refractivity contribution is -0.0725. The Morgan fingerprint density at radius 1 is 1.33 bits per heavy atom. The molecule has 1 saturated carbocycles. The van der Waals surface area contributed by atoms with Gasteiger partial charge in [0.15, 0.2) is 0 Å². The third kappa shape index (κ3) is 1.89. The van der Waals surface area contributed by atoms with Crippen LogP contribution in [-0.4, -0.2) is 17.3 Å². The molecule has 1 aliphatic carbocycles. The molecule has 15 heavy (non-hydrogen) atoms.